The highest BCUT2D eigenvalue weighted by atomic mass is 16.3. The number of rotatable bonds is 10. The van der Waals surface area contributed by atoms with Crippen molar-refractivity contribution in [3.05, 3.63) is 35.5 Å². The second kappa shape index (κ2) is 11.7. The lowest BCUT2D eigenvalue weighted by atomic mass is 9.90. The summed E-state index contributed by atoms with van der Waals surface area (Å²) >= 11 is 0. The normalized spacial score (nSPS) is 25.7. The molecule has 0 aromatic rings. The van der Waals surface area contributed by atoms with E-state index in [-0.39, 0.29) is 12.2 Å². The second-order valence-electron chi connectivity index (χ2n) is 7.59. The average Bonchev–Trinajstić information content (AvgIpc) is 2.90. The Morgan fingerprint density at radius 3 is 2.58 bits per heavy atom. The molecule has 0 saturated heterocycles. The summed E-state index contributed by atoms with van der Waals surface area (Å²) in [6, 6.07) is 0. The molecule has 0 bridgehead atoms. The van der Waals surface area contributed by atoms with Crippen molar-refractivity contribution in [3.8, 4) is 0 Å². The van der Waals surface area contributed by atoms with Crippen LogP contribution in [0.2, 0.25) is 0 Å². The molecule has 2 N–H and O–H groups in total. The van der Waals surface area contributed by atoms with Gasteiger partial charge in [0.2, 0.25) is 0 Å². The molecule has 1 unspecified atom stereocenters. The van der Waals surface area contributed by atoms with Crippen LogP contribution in [0.3, 0.4) is 0 Å². The van der Waals surface area contributed by atoms with Crippen LogP contribution < -0.4 is 0 Å². The minimum atomic E-state index is -0.377. The Morgan fingerprint density at radius 1 is 1.17 bits per heavy atom. The van der Waals surface area contributed by atoms with Crippen molar-refractivity contribution < 1.29 is 10.2 Å². The van der Waals surface area contributed by atoms with Crippen LogP contribution in [0.25, 0.3) is 0 Å². The lowest BCUT2D eigenvalue weighted by Crippen LogP contribution is -2.17. The molecule has 1 rings (SSSR count). The van der Waals surface area contributed by atoms with Crippen molar-refractivity contribution in [2.75, 3.05) is 0 Å². The third kappa shape index (κ3) is 7.81. The maximum atomic E-state index is 10.2. The first-order valence-electron chi connectivity index (χ1n) is 9.78. The Morgan fingerprint density at radius 2 is 1.92 bits per heavy atom. The molecule has 0 radical (unpaired) electrons. The van der Waals surface area contributed by atoms with Gasteiger partial charge in [0.15, 0.2) is 0 Å². The van der Waals surface area contributed by atoms with Gasteiger partial charge in [0, 0.05) is 0 Å². The zero-order valence-electron chi connectivity index (χ0n) is 16.2. The van der Waals surface area contributed by atoms with E-state index in [1.54, 1.807) is 0 Å². The van der Waals surface area contributed by atoms with Crippen LogP contribution in [0.1, 0.15) is 79.1 Å². The monoisotopic (exact) mass is 334 g/mol. The first kappa shape index (κ1) is 21.2. The molecule has 0 aromatic carbocycles. The first-order chi connectivity index (χ1) is 11.5. The van der Waals surface area contributed by atoms with Crippen molar-refractivity contribution in [2.45, 2.75) is 91.3 Å². The van der Waals surface area contributed by atoms with Gasteiger partial charge >= 0.3 is 0 Å². The van der Waals surface area contributed by atoms with Gasteiger partial charge < -0.3 is 10.2 Å². The Bertz CT molecular complexity index is 429. The van der Waals surface area contributed by atoms with Gasteiger partial charge in [-0.3, -0.25) is 0 Å². The minimum absolute atomic E-state index is 0.194. The molecule has 0 spiro atoms. The van der Waals surface area contributed by atoms with Crippen LogP contribution in [0.4, 0.5) is 0 Å². The Kier molecular flexibility index (Phi) is 10.3. The molecule has 1 saturated carbocycles. The summed E-state index contributed by atoms with van der Waals surface area (Å²) in [5.74, 6) is 0.709. The third-order valence-electron chi connectivity index (χ3n) is 5.39. The third-order valence-corrected chi connectivity index (χ3v) is 5.39. The Hall–Kier alpha value is -0.860. The molecule has 1 aliphatic carbocycles. The zero-order chi connectivity index (χ0) is 17.9. The van der Waals surface area contributed by atoms with Crippen LogP contribution in [0.15, 0.2) is 35.5 Å². The van der Waals surface area contributed by atoms with Gasteiger partial charge in [-0.1, -0.05) is 55.2 Å². The molecule has 138 valence electrons. The van der Waals surface area contributed by atoms with E-state index in [1.807, 2.05) is 6.08 Å². The molecular weight excluding hydrogens is 296 g/mol. The van der Waals surface area contributed by atoms with Crippen LogP contribution >= 0.6 is 0 Å². The van der Waals surface area contributed by atoms with E-state index in [2.05, 4.69) is 45.9 Å². The van der Waals surface area contributed by atoms with E-state index in [0.717, 1.165) is 38.5 Å². The van der Waals surface area contributed by atoms with Gasteiger partial charge in [0.05, 0.1) is 12.2 Å². The molecule has 1 aliphatic rings. The maximum Gasteiger partial charge on any atom is 0.0724 e. The quantitative estimate of drug-likeness (QED) is 0.405. The SMILES string of the molecule is CCCC/C=C\C[C@H]1[C@@H](O)CC[C@@H]1/C=C/C(O)CCC(C)=C(C)C. The molecule has 2 heteroatoms. The molecule has 1 fully saturated rings. The Balaban J connectivity index is 2.45. The Labute approximate surface area is 149 Å². The van der Waals surface area contributed by atoms with Crippen molar-refractivity contribution in [1.82, 2.24) is 0 Å². The number of hydrogen-bond donors (Lipinski definition) is 2. The van der Waals surface area contributed by atoms with Gasteiger partial charge in [0.25, 0.3) is 0 Å². The van der Waals surface area contributed by atoms with Gasteiger partial charge in [0.1, 0.15) is 0 Å². The number of allylic oxidation sites excluding steroid dienone is 5. The molecule has 24 heavy (non-hydrogen) atoms. The van der Waals surface area contributed by atoms with Gasteiger partial charge in [-0.05, 0) is 71.1 Å². The lowest BCUT2D eigenvalue weighted by molar-refractivity contribution is 0.125. The highest BCUT2D eigenvalue weighted by Crippen LogP contribution is 2.36. The fourth-order valence-electron chi connectivity index (χ4n) is 3.32. The molecule has 0 amide bonds. The second-order valence-corrected chi connectivity index (χ2v) is 7.59. The summed E-state index contributed by atoms with van der Waals surface area (Å²) in [6.45, 7) is 8.59. The summed E-state index contributed by atoms with van der Waals surface area (Å²) in [4.78, 5) is 0. The van der Waals surface area contributed by atoms with E-state index in [9.17, 15) is 10.2 Å². The van der Waals surface area contributed by atoms with Crippen LogP contribution in [0, 0.1) is 11.8 Å². The molecule has 0 heterocycles. The zero-order valence-corrected chi connectivity index (χ0v) is 16.2. The summed E-state index contributed by atoms with van der Waals surface area (Å²) in [5, 5.41) is 20.4. The van der Waals surface area contributed by atoms with E-state index >= 15 is 0 Å². The van der Waals surface area contributed by atoms with Gasteiger partial charge in [-0.15, -0.1) is 0 Å². The van der Waals surface area contributed by atoms with E-state index in [0.29, 0.717) is 11.8 Å². The predicted molar refractivity (Wildman–Crippen MR) is 104 cm³/mol. The number of aliphatic hydroxyl groups excluding tert-OH is 2. The van der Waals surface area contributed by atoms with Crippen molar-refractivity contribution >= 4 is 0 Å². The number of hydrogen-bond acceptors (Lipinski definition) is 2. The summed E-state index contributed by atoms with van der Waals surface area (Å²) in [7, 11) is 0. The first-order valence-corrected chi connectivity index (χ1v) is 9.78. The maximum absolute atomic E-state index is 10.2. The summed E-state index contributed by atoms with van der Waals surface area (Å²) < 4.78 is 0. The van der Waals surface area contributed by atoms with Crippen LogP contribution in [-0.4, -0.2) is 22.4 Å². The van der Waals surface area contributed by atoms with E-state index in [1.165, 1.54) is 24.0 Å². The largest absolute Gasteiger partial charge is 0.393 e. The standard InChI is InChI=1S/C22H38O2/c1-5-6-7-8-9-10-21-19(13-16-22(21)24)12-15-20(23)14-11-18(4)17(2)3/h8-9,12,15,19-24H,5-7,10-11,13-14,16H2,1-4H3/b9-8-,15-12+/t19-,20?,21+,22-/m0/s1. The molecule has 4 atom stereocenters. The molecule has 0 aliphatic heterocycles. The summed E-state index contributed by atoms with van der Waals surface area (Å²) in [5.41, 5.74) is 2.72. The summed E-state index contributed by atoms with van der Waals surface area (Å²) in [6.07, 6.45) is 16.2. The minimum Gasteiger partial charge on any atom is -0.393 e. The fraction of sp³-hybridized carbons (Fsp3) is 0.727. The number of aliphatic hydroxyl groups is 2. The highest BCUT2D eigenvalue weighted by molar-refractivity contribution is 5.08. The predicted octanol–water partition coefficient (Wildman–Crippen LogP) is 5.56. The van der Waals surface area contributed by atoms with Gasteiger partial charge in [-0.2, -0.15) is 0 Å². The highest BCUT2D eigenvalue weighted by Gasteiger charge is 2.32. The van der Waals surface area contributed by atoms with Crippen molar-refractivity contribution in [1.29, 1.82) is 0 Å². The van der Waals surface area contributed by atoms with E-state index < -0.39 is 0 Å². The smallest absolute Gasteiger partial charge is 0.0724 e. The fourth-order valence-corrected chi connectivity index (χ4v) is 3.32. The molecular formula is C22H38O2. The topological polar surface area (TPSA) is 40.5 Å². The average molecular weight is 335 g/mol. The van der Waals surface area contributed by atoms with Crippen LogP contribution in [0.5, 0.6) is 0 Å². The van der Waals surface area contributed by atoms with Crippen LogP contribution in [-0.2, 0) is 0 Å². The van der Waals surface area contributed by atoms with Crippen molar-refractivity contribution in [3.63, 3.8) is 0 Å². The van der Waals surface area contributed by atoms with Crippen molar-refractivity contribution in [2.24, 2.45) is 11.8 Å². The van der Waals surface area contributed by atoms with E-state index in [4.69, 9.17) is 0 Å². The number of unbranched alkanes of at least 4 members (excludes halogenated alkanes) is 2. The van der Waals surface area contributed by atoms with Gasteiger partial charge in [-0.25, -0.2) is 0 Å². The molecule has 0 aromatic heterocycles. The molecule has 2 nitrogen and oxygen atoms in total. The lowest BCUT2D eigenvalue weighted by Gasteiger charge is -2.18.